The zero-order valence-electron chi connectivity index (χ0n) is 15.8. The van der Waals surface area contributed by atoms with E-state index in [1.807, 2.05) is 31.2 Å². The van der Waals surface area contributed by atoms with Crippen LogP contribution in [0.1, 0.15) is 34.2 Å². The second-order valence-electron chi connectivity index (χ2n) is 7.19. The van der Waals surface area contributed by atoms with Crippen molar-refractivity contribution in [1.29, 1.82) is 0 Å². The molecule has 3 aromatic rings. The second kappa shape index (κ2) is 7.71. The molecule has 4 rings (SSSR count). The van der Waals surface area contributed by atoms with Crippen molar-refractivity contribution in [2.75, 3.05) is 5.32 Å². The average Bonchev–Trinajstić information content (AvgIpc) is 3.48. The summed E-state index contributed by atoms with van der Waals surface area (Å²) in [5, 5.41) is 3.74. The quantitative estimate of drug-likeness (QED) is 0.598. The lowest BCUT2D eigenvalue weighted by Crippen LogP contribution is -2.42. The van der Waals surface area contributed by atoms with Gasteiger partial charge in [0.1, 0.15) is 5.69 Å². The van der Waals surface area contributed by atoms with Crippen molar-refractivity contribution in [2.24, 2.45) is 11.8 Å². The molecule has 0 spiro atoms. The minimum absolute atomic E-state index is 0.0364. The number of nitrogens with one attached hydrogen (secondary N) is 3. The summed E-state index contributed by atoms with van der Waals surface area (Å²) in [5.41, 5.74) is 6.50. The highest BCUT2D eigenvalue weighted by Crippen LogP contribution is 2.38. The Hall–Kier alpha value is -3.74. The van der Waals surface area contributed by atoms with Crippen LogP contribution in [0.25, 0.3) is 10.9 Å². The van der Waals surface area contributed by atoms with Crippen LogP contribution in [0, 0.1) is 11.8 Å². The van der Waals surface area contributed by atoms with E-state index in [-0.39, 0.29) is 17.5 Å². The third kappa shape index (κ3) is 4.24. The first-order valence-electron chi connectivity index (χ1n) is 9.38. The summed E-state index contributed by atoms with van der Waals surface area (Å²) >= 11 is 0. The van der Waals surface area contributed by atoms with Crippen molar-refractivity contribution >= 4 is 34.3 Å². The molecule has 7 nitrogen and oxygen atoms in total. The monoisotopic (exact) mass is 388 g/mol. The summed E-state index contributed by atoms with van der Waals surface area (Å²) in [6.07, 6.45) is 0.890. The highest BCUT2D eigenvalue weighted by atomic mass is 16.2. The Morgan fingerprint density at radius 3 is 2.48 bits per heavy atom. The Bertz CT molecular complexity index is 1110. The molecule has 0 radical (unpaired) electrons. The van der Waals surface area contributed by atoms with Crippen molar-refractivity contribution in [3.8, 4) is 0 Å². The first-order valence-corrected chi connectivity index (χ1v) is 9.38. The van der Waals surface area contributed by atoms with E-state index in [1.54, 1.807) is 36.4 Å². The zero-order chi connectivity index (χ0) is 20.4. The summed E-state index contributed by atoms with van der Waals surface area (Å²) in [5.74, 6) is -0.598. The van der Waals surface area contributed by atoms with Crippen LogP contribution in [0.5, 0.6) is 0 Å². The van der Waals surface area contributed by atoms with Crippen molar-refractivity contribution in [3.63, 3.8) is 0 Å². The molecular weight excluding hydrogens is 368 g/mol. The van der Waals surface area contributed by atoms with Crippen LogP contribution >= 0.6 is 0 Å². The maximum atomic E-state index is 12.4. The molecule has 3 N–H and O–H groups in total. The van der Waals surface area contributed by atoms with Crippen LogP contribution in [0.3, 0.4) is 0 Å². The van der Waals surface area contributed by atoms with E-state index in [9.17, 15) is 14.4 Å². The van der Waals surface area contributed by atoms with Gasteiger partial charge in [-0.15, -0.1) is 0 Å². The molecule has 7 heteroatoms. The number of carbonyl (C=O) groups excluding carboxylic acids is 3. The minimum Gasteiger partial charge on any atom is -0.326 e. The Kier molecular flexibility index (Phi) is 4.95. The molecule has 3 amide bonds. The number of anilines is 1. The number of fused-ring (bicyclic) bond motifs is 1. The molecule has 1 aromatic heterocycles. The number of benzene rings is 2. The van der Waals surface area contributed by atoms with Crippen LogP contribution in [0.4, 0.5) is 5.69 Å². The largest absolute Gasteiger partial charge is 0.326 e. The summed E-state index contributed by atoms with van der Waals surface area (Å²) in [6, 6.07) is 17.4. The van der Waals surface area contributed by atoms with E-state index in [0.29, 0.717) is 22.7 Å². The van der Waals surface area contributed by atoms with E-state index in [4.69, 9.17) is 0 Å². The normalized spacial score (nSPS) is 17.4. The van der Waals surface area contributed by atoms with Gasteiger partial charge in [-0.25, -0.2) is 4.98 Å². The standard InChI is InChI=1S/C22H20N4O3/c1-13-11-17(13)21(28)23-16-7-4-6-15(12-16)20(27)25-26-22(29)19-10-9-14-5-2-3-8-18(14)24-19/h2-10,12-13,17H,11H2,1H3,(H,23,28)(H,25,27)(H,26,29). The molecule has 1 heterocycles. The maximum Gasteiger partial charge on any atom is 0.288 e. The van der Waals surface area contributed by atoms with Crippen molar-refractivity contribution in [1.82, 2.24) is 15.8 Å². The number of hydrazine groups is 1. The van der Waals surface area contributed by atoms with Crippen LogP contribution in [0.15, 0.2) is 60.7 Å². The van der Waals surface area contributed by atoms with E-state index in [1.165, 1.54) is 0 Å². The van der Waals surface area contributed by atoms with Crippen LogP contribution in [-0.4, -0.2) is 22.7 Å². The van der Waals surface area contributed by atoms with E-state index < -0.39 is 11.8 Å². The first kappa shape index (κ1) is 18.6. The van der Waals surface area contributed by atoms with Gasteiger partial charge in [0.15, 0.2) is 0 Å². The van der Waals surface area contributed by atoms with E-state index in [2.05, 4.69) is 21.2 Å². The molecule has 1 fully saturated rings. The summed E-state index contributed by atoms with van der Waals surface area (Å²) in [7, 11) is 0. The summed E-state index contributed by atoms with van der Waals surface area (Å²) in [6.45, 7) is 2.03. The third-order valence-corrected chi connectivity index (χ3v) is 4.96. The number of carbonyl (C=O) groups is 3. The van der Waals surface area contributed by atoms with Gasteiger partial charge in [0.25, 0.3) is 11.8 Å². The number of hydrogen-bond acceptors (Lipinski definition) is 4. The topological polar surface area (TPSA) is 100 Å². The highest BCUT2D eigenvalue weighted by Gasteiger charge is 2.39. The lowest BCUT2D eigenvalue weighted by Gasteiger charge is -2.09. The van der Waals surface area contributed by atoms with Gasteiger partial charge in [0.05, 0.1) is 5.52 Å². The average molecular weight is 388 g/mol. The van der Waals surface area contributed by atoms with Crippen LogP contribution < -0.4 is 16.2 Å². The van der Waals surface area contributed by atoms with Gasteiger partial charge >= 0.3 is 0 Å². The lowest BCUT2D eigenvalue weighted by molar-refractivity contribution is -0.117. The second-order valence-corrected chi connectivity index (χ2v) is 7.19. The molecule has 2 unspecified atom stereocenters. The Labute approximate surface area is 167 Å². The van der Waals surface area contributed by atoms with Crippen LogP contribution in [-0.2, 0) is 4.79 Å². The molecule has 1 aliphatic rings. The number of rotatable bonds is 4. The van der Waals surface area contributed by atoms with E-state index >= 15 is 0 Å². The summed E-state index contributed by atoms with van der Waals surface area (Å²) < 4.78 is 0. The van der Waals surface area contributed by atoms with Gasteiger partial charge < -0.3 is 5.32 Å². The van der Waals surface area contributed by atoms with Gasteiger partial charge in [-0.05, 0) is 42.7 Å². The van der Waals surface area contributed by atoms with Crippen molar-refractivity contribution in [3.05, 3.63) is 71.9 Å². The molecule has 29 heavy (non-hydrogen) atoms. The van der Waals surface area contributed by atoms with Gasteiger partial charge in [0, 0.05) is 22.6 Å². The molecule has 0 saturated heterocycles. The van der Waals surface area contributed by atoms with Gasteiger partial charge in [-0.2, -0.15) is 0 Å². The number of para-hydroxylation sites is 1. The summed E-state index contributed by atoms with van der Waals surface area (Å²) in [4.78, 5) is 41.0. The number of hydrogen-bond donors (Lipinski definition) is 3. The minimum atomic E-state index is -0.517. The smallest absolute Gasteiger partial charge is 0.288 e. The Balaban J connectivity index is 1.38. The first-order chi connectivity index (χ1) is 14.0. The van der Waals surface area contributed by atoms with Gasteiger partial charge in [0.2, 0.25) is 5.91 Å². The molecule has 0 bridgehead atoms. The molecular formula is C22H20N4O3. The van der Waals surface area contributed by atoms with Crippen molar-refractivity contribution < 1.29 is 14.4 Å². The third-order valence-electron chi connectivity index (χ3n) is 4.96. The number of pyridine rings is 1. The Morgan fingerprint density at radius 1 is 0.931 bits per heavy atom. The number of amides is 3. The van der Waals surface area contributed by atoms with Crippen molar-refractivity contribution in [2.45, 2.75) is 13.3 Å². The van der Waals surface area contributed by atoms with Gasteiger partial charge in [-0.1, -0.05) is 37.3 Å². The predicted molar refractivity (Wildman–Crippen MR) is 109 cm³/mol. The van der Waals surface area contributed by atoms with Gasteiger partial charge in [-0.3, -0.25) is 25.2 Å². The predicted octanol–water partition coefficient (Wildman–Crippen LogP) is 2.90. The molecule has 0 aliphatic heterocycles. The maximum absolute atomic E-state index is 12.4. The SMILES string of the molecule is CC1CC1C(=O)Nc1cccc(C(=O)NNC(=O)c2ccc3ccccc3n2)c1. The molecule has 2 aromatic carbocycles. The molecule has 1 saturated carbocycles. The molecule has 1 aliphatic carbocycles. The fraction of sp³-hybridized carbons (Fsp3) is 0.182. The zero-order valence-corrected chi connectivity index (χ0v) is 15.8. The Morgan fingerprint density at radius 2 is 1.69 bits per heavy atom. The number of aromatic nitrogens is 1. The fourth-order valence-electron chi connectivity index (χ4n) is 3.10. The van der Waals surface area contributed by atoms with E-state index in [0.717, 1.165) is 11.8 Å². The highest BCUT2D eigenvalue weighted by molar-refractivity contribution is 6.00. The fourth-order valence-corrected chi connectivity index (χ4v) is 3.10. The van der Waals surface area contributed by atoms with Crippen LogP contribution in [0.2, 0.25) is 0 Å². The molecule has 2 atom stereocenters. The number of nitrogens with zero attached hydrogens (tertiary/aromatic N) is 1. The lowest BCUT2D eigenvalue weighted by atomic mass is 10.2. The molecule has 146 valence electrons.